The highest BCUT2D eigenvalue weighted by Crippen LogP contribution is 2.20. The van der Waals surface area contributed by atoms with Crippen molar-refractivity contribution in [3.63, 3.8) is 0 Å². The second-order valence-electron chi connectivity index (χ2n) is 6.18. The summed E-state index contributed by atoms with van der Waals surface area (Å²) < 4.78 is 59.0. The van der Waals surface area contributed by atoms with Crippen LogP contribution in [-0.4, -0.2) is 40.1 Å². The zero-order valence-corrected chi connectivity index (χ0v) is 15.3. The van der Waals surface area contributed by atoms with Crippen LogP contribution < -0.4 is 9.62 Å². The Labute approximate surface area is 155 Å². The Hall–Kier alpha value is -2.36. The number of rotatable bonds is 5. The normalized spacial score (nSPS) is 18.0. The monoisotopic (exact) mass is 396 g/mol. The highest BCUT2D eigenvalue weighted by molar-refractivity contribution is 7.89. The van der Waals surface area contributed by atoms with E-state index in [4.69, 9.17) is 4.74 Å². The van der Waals surface area contributed by atoms with Gasteiger partial charge in [0.2, 0.25) is 10.0 Å². The van der Waals surface area contributed by atoms with Crippen LogP contribution in [0, 0.1) is 18.6 Å². The van der Waals surface area contributed by atoms with E-state index in [-0.39, 0.29) is 36.1 Å². The molecule has 0 saturated carbocycles. The molecule has 1 amide bonds. The highest BCUT2D eigenvalue weighted by Gasteiger charge is 2.29. The summed E-state index contributed by atoms with van der Waals surface area (Å²) in [5, 5.41) is 0. The zero-order valence-electron chi connectivity index (χ0n) is 14.5. The summed E-state index contributed by atoms with van der Waals surface area (Å²) in [4.78, 5) is 13.5. The van der Waals surface area contributed by atoms with E-state index < -0.39 is 27.8 Å². The molecule has 0 aliphatic carbocycles. The number of hydrogen-bond donors (Lipinski definition) is 1. The average molecular weight is 396 g/mol. The van der Waals surface area contributed by atoms with E-state index in [9.17, 15) is 22.0 Å². The molecule has 1 heterocycles. The van der Waals surface area contributed by atoms with Gasteiger partial charge in [0.1, 0.15) is 18.2 Å². The Kier molecular flexibility index (Phi) is 5.54. The van der Waals surface area contributed by atoms with Crippen molar-refractivity contribution in [3.8, 4) is 0 Å². The molecule has 1 aliphatic rings. The number of aryl methyl sites for hydroxylation is 1. The lowest BCUT2D eigenvalue weighted by molar-refractivity contribution is -0.129. The van der Waals surface area contributed by atoms with Crippen LogP contribution in [0.4, 0.5) is 14.5 Å². The first kappa shape index (κ1) is 19.4. The summed E-state index contributed by atoms with van der Waals surface area (Å²) in [5.74, 6) is -1.23. The minimum atomic E-state index is -3.86. The van der Waals surface area contributed by atoms with Crippen molar-refractivity contribution in [2.24, 2.45) is 0 Å². The predicted molar refractivity (Wildman–Crippen MR) is 94.8 cm³/mol. The second kappa shape index (κ2) is 7.71. The number of anilines is 1. The Morgan fingerprint density at radius 3 is 2.48 bits per heavy atom. The molecule has 1 unspecified atom stereocenters. The van der Waals surface area contributed by atoms with E-state index >= 15 is 0 Å². The molecular weight excluding hydrogens is 378 g/mol. The predicted octanol–water partition coefficient (Wildman–Crippen LogP) is 1.98. The number of carbonyl (C=O) groups excluding carboxylic acids is 1. The molecule has 0 aromatic heterocycles. The molecule has 3 rings (SSSR count). The van der Waals surface area contributed by atoms with E-state index in [1.165, 1.54) is 42.2 Å². The summed E-state index contributed by atoms with van der Waals surface area (Å²) in [6.07, 6.45) is -0.580. The first-order valence-corrected chi connectivity index (χ1v) is 9.68. The first-order chi connectivity index (χ1) is 12.8. The Morgan fingerprint density at radius 1 is 1.15 bits per heavy atom. The lowest BCUT2D eigenvalue weighted by Gasteiger charge is -2.32. The topological polar surface area (TPSA) is 75.7 Å². The van der Waals surface area contributed by atoms with Gasteiger partial charge in [-0.05, 0) is 55.0 Å². The van der Waals surface area contributed by atoms with Crippen molar-refractivity contribution in [2.45, 2.75) is 17.9 Å². The number of hydrogen-bond acceptors (Lipinski definition) is 4. The fourth-order valence-electron chi connectivity index (χ4n) is 2.81. The molecule has 6 nitrogen and oxygen atoms in total. The number of morpholine rings is 1. The molecule has 27 heavy (non-hydrogen) atoms. The van der Waals surface area contributed by atoms with E-state index in [2.05, 4.69) is 4.72 Å². The third-order valence-corrected chi connectivity index (χ3v) is 5.78. The van der Waals surface area contributed by atoms with Gasteiger partial charge in [0, 0.05) is 12.2 Å². The number of halogens is 2. The average Bonchev–Trinajstić information content (AvgIpc) is 2.61. The number of amides is 1. The number of nitrogens with zero attached hydrogens (tertiary/aromatic N) is 1. The van der Waals surface area contributed by atoms with Crippen LogP contribution in [0.1, 0.15) is 5.56 Å². The van der Waals surface area contributed by atoms with Crippen molar-refractivity contribution in [3.05, 3.63) is 59.7 Å². The van der Waals surface area contributed by atoms with E-state index in [0.717, 1.165) is 12.1 Å². The van der Waals surface area contributed by atoms with Crippen LogP contribution in [0.25, 0.3) is 0 Å². The van der Waals surface area contributed by atoms with Crippen molar-refractivity contribution in [1.29, 1.82) is 0 Å². The third-order valence-electron chi connectivity index (χ3n) is 4.20. The van der Waals surface area contributed by atoms with Gasteiger partial charge in [0.05, 0.1) is 17.5 Å². The molecule has 0 bridgehead atoms. The molecule has 2 aromatic carbocycles. The Morgan fingerprint density at radius 2 is 1.81 bits per heavy atom. The first-order valence-electron chi connectivity index (χ1n) is 8.19. The molecule has 1 fully saturated rings. The lowest BCUT2D eigenvalue weighted by Crippen LogP contribution is -2.50. The Bertz CT molecular complexity index is 948. The highest BCUT2D eigenvalue weighted by atomic mass is 32.2. The maximum absolute atomic E-state index is 13.2. The minimum absolute atomic E-state index is 0.0221. The molecule has 144 valence electrons. The number of benzene rings is 2. The zero-order chi connectivity index (χ0) is 19.6. The van der Waals surface area contributed by atoms with Crippen LogP contribution in [0.2, 0.25) is 0 Å². The summed E-state index contributed by atoms with van der Waals surface area (Å²) in [6, 6.07) is 8.85. The van der Waals surface area contributed by atoms with Gasteiger partial charge in [-0.25, -0.2) is 21.9 Å². The number of sulfonamides is 1. The summed E-state index contributed by atoms with van der Waals surface area (Å²) >= 11 is 0. The molecule has 0 spiro atoms. The molecule has 9 heteroatoms. The molecule has 2 aromatic rings. The number of nitrogens with one attached hydrogen (secondary N) is 1. The van der Waals surface area contributed by atoms with Crippen LogP contribution in [0.5, 0.6) is 0 Å². The third kappa shape index (κ3) is 4.49. The fourth-order valence-corrected chi connectivity index (χ4v) is 4.10. The van der Waals surface area contributed by atoms with Crippen molar-refractivity contribution in [1.82, 2.24) is 4.72 Å². The van der Waals surface area contributed by atoms with Gasteiger partial charge in [-0.3, -0.25) is 4.79 Å². The number of carbonyl (C=O) groups is 1. The van der Waals surface area contributed by atoms with E-state index in [1.54, 1.807) is 0 Å². The SMILES string of the molecule is Cc1cc(F)ccc1S(=O)(=O)NCC1CN(c2ccc(F)cc2)C(=O)CO1. The molecule has 1 aliphatic heterocycles. The second-order valence-corrected chi connectivity index (χ2v) is 7.91. The standard InChI is InChI=1S/C18H18F2N2O4S/c1-12-8-14(20)4-7-17(12)27(24,25)21-9-16-10-22(18(23)11-26-16)15-5-2-13(19)3-6-15/h2-8,16,21H,9-11H2,1H3. The van der Waals surface area contributed by atoms with Gasteiger partial charge in [0.15, 0.2) is 0 Å². The fraction of sp³-hybridized carbons (Fsp3) is 0.278. The maximum atomic E-state index is 13.2. The van der Waals surface area contributed by atoms with Gasteiger partial charge in [-0.2, -0.15) is 0 Å². The van der Waals surface area contributed by atoms with Gasteiger partial charge >= 0.3 is 0 Å². The summed E-state index contributed by atoms with van der Waals surface area (Å²) in [7, 11) is -3.86. The van der Waals surface area contributed by atoms with Crippen LogP contribution in [0.3, 0.4) is 0 Å². The van der Waals surface area contributed by atoms with Gasteiger partial charge in [-0.15, -0.1) is 0 Å². The van der Waals surface area contributed by atoms with Crippen molar-refractivity contribution in [2.75, 3.05) is 24.6 Å². The smallest absolute Gasteiger partial charge is 0.253 e. The lowest BCUT2D eigenvalue weighted by atomic mass is 10.2. The molecule has 1 saturated heterocycles. The van der Waals surface area contributed by atoms with Gasteiger partial charge in [0.25, 0.3) is 5.91 Å². The molecule has 1 N–H and O–H groups in total. The van der Waals surface area contributed by atoms with Gasteiger partial charge < -0.3 is 9.64 Å². The quantitative estimate of drug-likeness (QED) is 0.839. The maximum Gasteiger partial charge on any atom is 0.253 e. The van der Waals surface area contributed by atoms with Crippen molar-refractivity contribution < 1.29 is 26.7 Å². The molecule has 1 atom stereocenters. The summed E-state index contributed by atoms with van der Waals surface area (Å²) in [6.45, 7) is 1.35. The molecule has 0 radical (unpaired) electrons. The van der Waals surface area contributed by atoms with Gasteiger partial charge in [-0.1, -0.05) is 0 Å². The van der Waals surface area contributed by atoms with Crippen LogP contribution >= 0.6 is 0 Å². The van der Waals surface area contributed by atoms with E-state index in [0.29, 0.717) is 5.69 Å². The van der Waals surface area contributed by atoms with Crippen LogP contribution in [0.15, 0.2) is 47.4 Å². The summed E-state index contributed by atoms with van der Waals surface area (Å²) in [5.41, 5.74) is 0.794. The molecular formula is C18H18F2N2O4S. The van der Waals surface area contributed by atoms with Crippen LogP contribution in [-0.2, 0) is 19.6 Å². The minimum Gasteiger partial charge on any atom is -0.365 e. The van der Waals surface area contributed by atoms with Crippen molar-refractivity contribution >= 4 is 21.6 Å². The largest absolute Gasteiger partial charge is 0.365 e. The number of ether oxygens (including phenoxy) is 1. The Balaban J connectivity index is 1.68. The van der Waals surface area contributed by atoms with E-state index in [1.807, 2.05) is 0 Å².